The van der Waals surface area contributed by atoms with E-state index < -0.39 is 0 Å². The van der Waals surface area contributed by atoms with Crippen molar-refractivity contribution < 1.29 is 9.53 Å². The van der Waals surface area contributed by atoms with Crippen LogP contribution in [-0.2, 0) is 11.2 Å². The van der Waals surface area contributed by atoms with Gasteiger partial charge in [0.05, 0.1) is 19.2 Å². The molecule has 1 aliphatic rings. The van der Waals surface area contributed by atoms with Gasteiger partial charge in [0.25, 0.3) is 0 Å². The number of hydrogen-bond donors (Lipinski definition) is 0. The lowest BCUT2D eigenvalue weighted by Crippen LogP contribution is -2.29. The van der Waals surface area contributed by atoms with Crippen LogP contribution in [0.5, 0.6) is 5.75 Å². The van der Waals surface area contributed by atoms with Crippen LogP contribution in [0.25, 0.3) is 16.2 Å². The van der Waals surface area contributed by atoms with Gasteiger partial charge in [-0.25, -0.2) is 4.98 Å². The first-order valence-electron chi connectivity index (χ1n) is 8.12. The number of benzene rings is 1. The minimum atomic E-state index is 0.215. The molecule has 1 aliphatic heterocycles. The van der Waals surface area contributed by atoms with Gasteiger partial charge >= 0.3 is 0 Å². The minimum absolute atomic E-state index is 0.215. The molecule has 0 radical (unpaired) electrons. The molecule has 24 heavy (non-hydrogen) atoms. The summed E-state index contributed by atoms with van der Waals surface area (Å²) in [6.07, 6.45) is 4.70. The summed E-state index contributed by atoms with van der Waals surface area (Å²) >= 11 is 1.58. The minimum Gasteiger partial charge on any atom is -0.497 e. The summed E-state index contributed by atoms with van der Waals surface area (Å²) < 4.78 is 7.23. The van der Waals surface area contributed by atoms with Crippen molar-refractivity contribution in [2.24, 2.45) is 0 Å². The maximum atomic E-state index is 12.4. The van der Waals surface area contributed by atoms with Crippen molar-refractivity contribution in [3.8, 4) is 17.0 Å². The van der Waals surface area contributed by atoms with E-state index in [1.807, 2.05) is 45.1 Å². The molecular weight excluding hydrogens is 322 g/mol. The third-order valence-corrected chi connectivity index (χ3v) is 5.35. The highest BCUT2D eigenvalue weighted by atomic mass is 32.1. The summed E-state index contributed by atoms with van der Waals surface area (Å²) in [4.78, 5) is 20.0. The first kappa shape index (κ1) is 15.2. The molecule has 0 saturated carbocycles. The smallest absolute Gasteiger partial charge is 0.228 e. The Bertz CT molecular complexity index is 860. The molecule has 1 amide bonds. The Labute approximate surface area is 144 Å². The zero-order valence-electron chi connectivity index (χ0n) is 13.6. The maximum absolute atomic E-state index is 12.4. The lowest BCUT2D eigenvalue weighted by molar-refractivity contribution is -0.129. The van der Waals surface area contributed by atoms with E-state index in [4.69, 9.17) is 4.74 Å². The highest BCUT2D eigenvalue weighted by Crippen LogP contribution is 2.26. The van der Waals surface area contributed by atoms with Crippen molar-refractivity contribution in [1.82, 2.24) is 14.3 Å². The summed E-state index contributed by atoms with van der Waals surface area (Å²) in [6.45, 7) is 1.79. The molecule has 0 aliphatic carbocycles. The molecule has 4 rings (SSSR count). The van der Waals surface area contributed by atoms with Gasteiger partial charge in [-0.2, -0.15) is 0 Å². The largest absolute Gasteiger partial charge is 0.497 e. The molecule has 0 unspecified atom stereocenters. The molecular formula is C18H19N3O2S. The van der Waals surface area contributed by atoms with Gasteiger partial charge in [0.1, 0.15) is 5.75 Å². The predicted molar refractivity (Wildman–Crippen MR) is 94.6 cm³/mol. The lowest BCUT2D eigenvalue weighted by atomic mass is 10.2. The van der Waals surface area contributed by atoms with Crippen LogP contribution in [0.4, 0.5) is 0 Å². The number of amides is 1. The molecule has 1 saturated heterocycles. The molecule has 1 aromatic carbocycles. The number of ether oxygens (including phenoxy) is 1. The van der Waals surface area contributed by atoms with Gasteiger partial charge < -0.3 is 9.64 Å². The van der Waals surface area contributed by atoms with Crippen LogP contribution in [0.15, 0.2) is 35.8 Å². The van der Waals surface area contributed by atoms with Crippen LogP contribution >= 0.6 is 11.3 Å². The van der Waals surface area contributed by atoms with E-state index in [2.05, 4.69) is 4.98 Å². The summed E-state index contributed by atoms with van der Waals surface area (Å²) in [7, 11) is 1.66. The second-order valence-corrected chi connectivity index (χ2v) is 6.84. The van der Waals surface area contributed by atoms with Crippen LogP contribution < -0.4 is 4.74 Å². The second-order valence-electron chi connectivity index (χ2n) is 6.00. The van der Waals surface area contributed by atoms with Crippen LogP contribution in [0, 0.1) is 0 Å². The van der Waals surface area contributed by atoms with Crippen LogP contribution in [0.1, 0.15) is 18.5 Å². The molecule has 0 N–H and O–H groups in total. The van der Waals surface area contributed by atoms with E-state index in [1.54, 1.807) is 18.4 Å². The zero-order valence-corrected chi connectivity index (χ0v) is 14.4. The number of likely N-dealkylation sites (tertiary alicyclic amines) is 1. The first-order chi connectivity index (χ1) is 11.7. The Morgan fingerprint density at radius 3 is 2.71 bits per heavy atom. The third kappa shape index (κ3) is 2.78. The van der Waals surface area contributed by atoms with Gasteiger partial charge in [-0.1, -0.05) is 0 Å². The van der Waals surface area contributed by atoms with Crippen molar-refractivity contribution in [1.29, 1.82) is 0 Å². The Kier molecular flexibility index (Phi) is 3.98. The van der Waals surface area contributed by atoms with Gasteiger partial charge in [-0.15, -0.1) is 11.3 Å². The number of rotatable bonds is 4. The van der Waals surface area contributed by atoms with E-state index in [1.165, 1.54) is 0 Å². The average Bonchev–Trinajstić information content (AvgIpc) is 3.33. The molecule has 6 heteroatoms. The van der Waals surface area contributed by atoms with Crippen LogP contribution in [0.3, 0.4) is 0 Å². The molecule has 5 nitrogen and oxygen atoms in total. The van der Waals surface area contributed by atoms with E-state index in [0.29, 0.717) is 6.42 Å². The van der Waals surface area contributed by atoms with Crippen molar-refractivity contribution in [2.45, 2.75) is 19.3 Å². The Hall–Kier alpha value is -2.34. The molecule has 124 valence electrons. The van der Waals surface area contributed by atoms with Crippen molar-refractivity contribution in [3.05, 3.63) is 41.5 Å². The fraction of sp³-hybridized carbons (Fsp3) is 0.333. The number of nitrogens with zero attached hydrogens (tertiary/aromatic N) is 3. The van der Waals surface area contributed by atoms with Gasteiger partial charge in [-0.3, -0.25) is 9.20 Å². The quantitative estimate of drug-likeness (QED) is 0.732. The number of thiazole rings is 1. The van der Waals surface area contributed by atoms with Gasteiger partial charge in [-0.05, 0) is 37.1 Å². The number of carbonyl (C=O) groups is 1. The molecule has 3 heterocycles. The van der Waals surface area contributed by atoms with Gasteiger partial charge in [0.2, 0.25) is 5.91 Å². The fourth-order valence-electron chi connectivity index (χ4n) is 3.09. The van der Waals surface area contributed by atoms with E-state index >= 15 is 0 Å². The summed E-state index contributed by atoms with van der Waals surface area (Å²) in [5.41, 5.74) is 2.97. The van der Waals surface area contributed by atoms with Crippen LogP contribution in [-0.4, -0.2) is 40.4 Å². The molecule has 0 atom stereocenters. The standard InChI is InChI=1S/C18H19N3O2S/c1-23-15-6-4-13(5-7-15)16-11-21-14(12-24-18(21)19-16)10-17(22)20-8-2-3-9-20/h4-7,11-12H,2-3,8-10H2,1H3. The first-order valence-corrected chi connectivity index (χ1v) is 9.00. The van der Waals surface area contributed by atoms with Gasteiger partial charge in [0.15, 0.2) is 4.96 Å². The maximum Gasteiger partial charge on any atom is 0.228 e. The Balaban J connectivity index is 1.59. The van der Waals surface area contributed by atoms with Crippen molar-refractivity contribution in [3.63, 3.8) is 0 Å². The third-order valence-electron chi connectivity index (χ3n) is 4.46. The second kappa shape index (κ2) is 6.28. The summed E-state index contributed by atoms with van der Waals surface area (Å²) in [6, 6.07) is 7.86. The molecule has 2 aromatic heterocycles. The van der Waals surface area contributed by atoms with Crippen LogP contribution in [0.2, 0.25) is 0 Å². The van der Waals surface area contributed by atoms with Gasteiger partial charge in [0, 0.05) is 35.9 Å². The summed E-state index contributed by atoms with van der Waals surface area (Å²) in [5, 5.41) is 2.04. The molecule has 3 aromatic rings. The fourth-order valence-corrected chi connectivity index (χ4v) is 3.96. The average molecular weight is 341 g/mol. The highest BCUT2D eigenvalue weighted by Gasteiger charge is 2.20. The molecule has 0 bridgehead atoms. The Morgan fingerprint density at radius 2 is 2.00 bits per heavy atom. The number of hydrogen-bond acceptors (Lipinski definition) is 4. The molecule has 1 fully saturated rings. The topological polar surface area (TPSA) is 46.8 Å². The lowest BCUT2D eigenvalue weighted by Gasteiger charge is -2.14. The van der Waals surface area contributed by atoms with E-state index in [-0.39, 0.29) is 5.91 Å². The molecule has 0 spiro atoms. The highest BCUT2D eigenvalue weighted by molar-refractivity contribution is 7.15. The van der Waals surface area contributed by atoms with E-state index in [9.17, 15) is 4.79 Å². The number of aromatic nitrogens is 2. The monoisotopic (exact) mass is 341 g/mol. The van der Waals surface area contributed by atoms with Crippen molar-refractivity contribution in [2.75, 3.05) is 20.2 Å². The number of methoxy groups -OCH3 is 1. The van der Waals surface area contributed by atoms with Crippen molar-refractivity contribution >= 4 is 22.2 Å². The van der Waals surface area contributed by atoms with E-state index in [0.717, 1.165) is 53.6 Å². The Morgan fingerprint density at radius 1 is 1.25 bits per heavy atom. The number of carbonyl (C=O) groups excluding carboxylic acids is 1. The summed E-state index contributed by atoms with van der Waals surface area (Å²) in [5.74, 6) is 1.04. The number of imidazole rings is 1. The number of fused-ring (bicyclic) bond motifs is 1. The normalized spacial score (nSPS) is 14.5. The predicted octanol–water partition coefficient (Wildman–Crippen LogP) is 3.24. The zero-order chi connectivity index (χ0) is 16.5. The SMILES string of the molecule is COc1ccc(-c2cn3c(CC(=O)N4CCCC4)csc3n2)cc1.